The van der Waals surface area contributed by atoms with Gasteiger partial charge in [0.15, 0.2) is 0 Å². The van der Waals surface area contributed by atoms with E-state index in [0.717, 1.165) is 18.4 Å². The zero-order chi connectivity index (χ0) is 47.3. The highest BCUT2D eigenvalue weighted by molar-refractivity contribution is 6.39. The van der Waals surface area contributed by atoms with E-state index < -0.39 is 71.8 Å². The number of carbonyl (C=O) groups is 4. The van der Waals surface area contributed by atoms with Gasteiger partial charge < -0.3 is 43.9 Å². The average molecular weight is 900 g/mol. The number of amides is 1. The predicted molar refractivity (Wildman–Crippen MR) is 245 cm³/mol. The third kappa shape index (κ3) is 14.5. The molecule has 1 saturated carbocycles. The van der Waals surface area contributed by atoms with Crippen LogP contribution in [-0.2, 0) is 42.9 Å². The van der Waals surface area contributed by atoms with Crippen molar-refractivity contribution in [2.75, 3.05) is 27.9 Å². The second-order valence-electron chi connectivity index (χ2n) is 19.7. The summed E-state index contributed by atoms with van der Waals surface area (Å²) in [6.45, 7) is 13.6. The van der Waals surface area contributed by atoms with Gasteiger partial charge in [-0.15, -0.1) is 0 Å². The van der Waals surface area contributed by atoms with Crippen LogP contribution in [0.1, 0.15) is 132 Å². The molecule has 64 heavy (non-hydrogen) atoms. The molecular weight excluding hydrogens is 819 g/mol. The van der Waals surface area contributed by atoms with Crippen LogP contribution >= 0.6 is 0 Å². The van der Waals surface area contributed by atoms with Crippen LogP contribution in [0.5, 0.6) is 0 Å². The quantitative estimate of drug-likeness (QED) is 0.142. The minimum absolute atomic E-state index is 0.106. The Kier molecular flexibility index (Phi) is 21.1. The molecule has 3 N–H and O–H groups in total. The average Bonchev–Trinajstić information content (AvgIpc) is 3.27. The molecule has 15 atom stereocenters. The molecule has 1 unspecified atom stereocenters. The van der Waals surface area contributed by atoms with E-state index in [1.165, 1.54) is 4.90 Å². The van der Waals surface area contributed by atoms with Crippen LogP contribution in [0.15, 0.2) is 47.6 Å². The van der Waals surface area contributed by atoms with Gasteiger partial charge in [0, 0.05) is 52.6 Å². The fourth-order valence-corrected chi connectivity index (χ4v) is 10.3. The van der Waals surface area contributed by atoms with E-state index in [1.54, 1.807) is 48.2 Å². The molecule has 3 aliphatic heterocycles. The van der Waals surface area contributed by atoms with E-state index in [4.69, 9.17) is 23.7 Å². The van der Waals surface area contributed by atoms with Crippen LogP contribution < -0.4 is 0 Å². The normalized spacial score (nSPS) is 40.8. The first kappa shape index (κ1) is 53.6. The van der Waals surface area contributed by atoms with Gasteiger partial charge in [0.1, 0.15) is 24.0 Å². The fraction of sp³-hybridized carbons (Fsp3) is 0.765. The number of hydrogen-bond acceptors (Lipinski definition) is 12. The van der Waals surface area contributed by atoms with Crippen molar-refractivity contribution in [3.63, 3.8) is 0 Å². The van der Waals surface area contributed by atoms with Crippen molar-refractivity contribution in [1.29, 1.82) is 0 Å². The number of fused-ring (bicyclic) bond motifs is 3. The number of piperidine rings is 1. The van der Waals surface area contributed by atoms with E-state index in [-0.39, 0.29) is 61.0 Å². The monoisotopic (exact) mass is 900 g/mol. The number of esters is 1. The standard InChI is InChI=1S/C51H81NO12/c1-31-16-12-11-13-17-33(3)43(60-8)29-39-21-19-37(7)51(59,64-39)48(56)49(57)52-23-15-14-18-40(52)50(58)63-44(35(5)27-38-20-22-41(53)45(28-38)61-9)30-42(54)34(4)26-36(6)47(55)46(62-10)25-32(2)24-31/h11-13,16-17,26,31-32,34-35,37-41,43-47,53,55,59H,14-15,18-25,27-30H2,1-10H3/b13-11+,16-12+,33-17+,36-26+/t31-,32-,34-,35-,37-,38+,39?,40+,41-,43+,44+,45-,46+,47-,51-/m1/s1. The molecule has 4 rings (SSSR count). The molecule has 0 spiro atoms. The second kappa shape index (κ2) is 25.2. The first-order valence-electron chi connectivity index (χ1n) is 24.0. The molecule has 3 fully saturated rings. The summed E-state index contributed by atoms with van der Waals surface area (Å²) in [5.41, 5.74) is 1.54. The van der Waals surface area contributed by atoms with Crippen molar-refractivity contribution < 1.29 is 58.2 Å². The van der Waals surface area contributed by atoms with Crippen LogP contribution in [0.4, 0.5) is 0 Å². The first-order chi connectivity index (χ1) is 30.3. The molecule has 13 nitrogen and oxygen atoms in total. The van der Waals surface area contributed by atoms with Crippen LogP contribution in [0, 0.1) is 35.5 Å². The van der Waals surface area contributed by atoms with Crippen molar-refractivity contribution in [2.24, 2.45) is 35.5 Å². The summed E-state index contributed by atoms with van der Waals surface area (Å²) in [5.74, 6) is -6.38. The van der Waals surface area contributed by atoms with Gasteiger partial charge in [-0.05, 0) is 119 Å². The van der Waals surface area contributed by atoms with E-state index in [2.05, 4.69) is 19.9 Å². The highest BCUT2D eigenvalue weighted by atomic mass is 16.6. The van der Waals surface area contributed by atoms with Crippen molar-refractivity contribution in [1.82, 2.24) is 4.90 Å². The lowest BCUT2D eigenvalue weighted by Crippen LogP contribution is -2.61. The largest absolute Gasteiger partial charge is 0.460 e. The van der Waals surface area contributed by atoms with Gasteiger partial charge in [0.05, 0.1) is 30.5 Å². The maximum atomic E-state index is 14.4. The molecular formula is C51H81NO12. The zero-order valence-electron chi connectivity index (χ0n) is 40.4. The van der Waals surface area contributed by atoms with Crippen LogP contribution in [0.2, 0.25) is 0 Å². The molecule has 4 aliphatic rings. The van der Waals surface area contributed by atoms with Gasteiger partial charge in [-0.2, -0.15) is 0 Å². The Balaban J connectivity index is 1.68. The molecule has 0 aromatic rings. The number of methoxy groups -OCH3 is 3. The maximum absolute atomic E-state index is 14.4. The number of aliphatic hydroxyl groups is 3. The number of ether oxygens (including phenoxy) is 5. The highest BCUT2D eigenvalue weighted by Gasteiger charge is 2.53. The Bertz CT molecular complexity index is 1670. The number of ketones is 2. The smallest absolute Gasteiger partial charge is 0.329 e. The van der Waals surface area contributed by atoms with Crippen LogP contribution in [0.3, 0.4) is 0 Å². The summed E-state index contributed by atoms with van der Waals surface area (Å²) in [5, 5.41) is 33.9. The zero-order valence-corrected chi connectivity index (χ0v) is 40.4. The molecule has 0 radical (unpaired) electrons. The number of carbonyl (C=O) groups excluding carboxylic acids is 4. The van der Waals surface area contributed by atoms with Gasteiger partial charge >= 0.3 is 5.97 Å². The van der Waals surface area contributed by atoms with E-state index in [1.807, 2.05) is 38.2 Å². The molecule has 2 bridgehead atoms. The molecule has 0 aromatic carbocycles. The molecule has 3 heterocycles. The Morgan fingerprint density at radius 2 is 1.55 bits per heavy atom. The third-order valence-electron chi connectivity index (χ3n) is 14.5. The van der Waals surface area contributed by atoms with Crippen LogP contribution in [-0.4, -0.2) is 126 Å². The lowest BCUT2D eigenvalue weighted by atomic mass is 9.78. The number of hydrogen-bond donors (Lipinski definition) is 3. The van der Waals surface area contributed by atoms with Crippen molar-refractivity contribution >= 4 is 23.4 Å². The second-order valence-corrected chi connectivity index (χ2v) is 19.7. The van der Waals surface area contributed by atoms with Gasteiger partial charge in [0.25, 0.3) is 11.7 Å². The lowest BCUT2D eigenvalue weighted by molar-refractivity contribution is -0.265. The minimum Gasteiger partial charge on any atom is -0.460 e. The Hall–Kier alpha value is -3.04. The number of allylic oxidation sites excluding steroid dienone is 6. The molecule has 362 valence electrons. The summed E-state index contributed by atoms with van der Waals surface area (Å²) >= 11 is 0. The summed E-state index contributed by atoms with van der Waals surface area (Å²) in [6.07, 6.45) is 14.3. The summed E-state index contributed by atoms with van der Waals surface area (Å²) in [7, 11) is 4.78. The number of nitrogens with zero attached hydrogens (tertiary/aromatic N) is 1. The Morgan fingerprint density at radius 1 is 0.828 bits per heavy atom. The van der Waals surface area contributed by atoms with Crippen LogP contribution in [0.25, 0.3) is 0 Å². The molecule has 1 aliphatic carbocycles. The number of rotatable bonds is 6. The summed E-state index contributed by atoms with van der Waals surface area (Å²) < 4.78 is 29.7. The number of cyclic esters (lactones) is 1. The van der Waals surface area contributed by atoms with Crippen molar-refractivity contribution in [3.8, 4) is 0 Å². The van der Waals surface area contributed by atoms with E-state index in [0.29, 0.717) is 63.4 Å². The maximum Gasteiger partial charge on any atom is 0.329 e. The Morgan fingerprint density at radius 3 is 2.23 bits per heavy atom. The topological polar surface area (TPSA) is 178 Å². The predicted octanol–water partition coefficient (Wildman–Crippen LogP) is 7.00. The van der Waals surface area contributed by atoms with Crippen molar-refractivity contribution in [3.05, 3.63) is 47.6 Å². The Labute approximate surface area is 383 Å². The summed E-state index contributed by atoms with van der Waals surface area (Å²) in [4.78, 5) is 58.1. The molecule has 0 aromatic heterocycles. The van der Waals surface area contributed by atoms with Gasteiger partial charge in [0.2, 0.25) is 5.79 Å². The minimum atomic E-state index is -2.40. The first-order valence-corrected chi connectivity index (χ1v) is 24.0. The highest BCUT2D eigenvalue weighted by Crippen LogP contribution is 2.38. The SMILES string of the molecule is CO[C@H]1CC2CC[C@@H](C)[C@@](O)(O2)C(=O)C(=O)N2CCCC[C@H]2C(=O)O[C@H]([C@H](C)C[C@@H]2CC[C@@H](O)[C@H](OC)C2)CC(=O)[C@H](C)/C=C(\C)[C@@H](O)[C@@H](OC)C[C@H](C)C[C@H](C)/C=C/C=C/C=C/1C. The van der Waals surface area contributed by atoms with E-state index >= 15 is 0 Å². The third-order valence-corrected chi connectivity index (χ3v) is 14.5. The lowest BCUT2D eigenvalue weighted by Gasteiger charge is -2.42. The number of Topliss-reactive ketones (excluding diaryl/α,β-unsaturated/α-hetero) is 2. The van der Waals surface area contributed by atoms with Gasteiger partial charge in [-0.25, -0.2) is 4.79 Å². The van der Waals surface area contributed by atoms with Crippen molar-refractivity contribution in [2.45, 2.75) is 186 Å². The number of aliphatic hydroxyl groups excluding tert-OH is 2. The van der Waals surface area contributed by atoms with Gasteiger partial charge in [-0.3, -0.25) is 14.4 Å². The molecule has 2 saturated heterocycles. The van der Waals surface area contributed by atoms with Gasteiger partial charge in [-0.1, -0.05) is 71.1 Å². The fourth-order valence-electron chi connectivity index (χ4n) is 10.3. The summed E-state index contributed by atoms with van der Waals surface area (Å²) in [6, 6.07) is -1.10. The molecule has 1 amide bonds. The van der Waals surface area contributed by atoms with E-state index in [9.17, 15) is 34.5 Å². The molecule has 13 heteroatoms.